The normalized spacial score (nSPS) is 11.9. The number of H-pyrrole nitrogens is 1. The Morgan fingerprint density at radius 2 is 2.26 bits per heavy atom. The summed E-state index contributed by atoms with van der Waals surface area (Å²) in [7, 11) is 0. The molecule has 0 aliphatic rings. The fourth-order valence-corrected chi connectivity index (χ4v) is 2.04. The number of hydrogen-bond donors (Lipinski definition) is 2. The average molecular weight is 282 g/mol. The molecule has 0 unspecified atom stereocenters. The summed E-state index contributed by atoms with van der Waals surface area (Å²) in [5, 5.41) is 9.87. The van der Waals surface area contributed by atoms with Crippen LogP contribution in [0.5, 0.6) is 0 Å². The topological polar surface area (TPSA) is 62.7 Å². The fraction of sp³-hybridized carbons (Fsp3) is 0.615. The van der Waals surface area contributed by atoms with Crippen LogP contribution in [0.3, 0.4) is 0 Å². The van der Waals surface area contributed by atoms with E-state index in [-0.39, 0.29) is 5.91 Å². The summed E-state index contributed by atoms with van der Waals surface area (Å²) >= 11 is 5.19. The number of rotatable bonds is 6. The maximum Gasteiger partial charge on any atom is 0.246 e. The van der Waals surface area contributed by atoms with Crippen LogP contribution in [0.2, 0.25) is 0 Å². The molecule has 2 N–H and O–H groups in total. The summed E-state index contributed by atoms with van der Waals surface area (Å²) in [5.74, 6) is 1.19. The predicted octanol–water partition coefficient (Wildman–Crippen LogP) is 2.54. The van der Waals surface area contributed by atoms with Crippen molar-refractivity contribution in [1.29, 1.82) is 0 Å². The van der Waals surface area contributed by atoms with Crippen LogP contribution < -0.4 is 5.32 Å². The van der Waals surface area contributed by atoms with E-state index in [0.29, 0.717) is 23.8 Å². The van der Waals surface area contributed by atoms with Crippen molar-refractivity contribution in [2.24, 2.45) is 0 Å². The minimum Gasteiger partial charge on any atom is -0.351 e. The first-order chi connectivity index (χ1) is 8.97. The van der Waals surface area contributed by atoms with E-state index in [9.17, 15) is 4.79 Å². The van der Waals surface area contributed by atoms with E-state index in [4.69, 9.17) is 12.2 Å². The zero-order chi connectivity index (χ0) is 14.4. The standard InChI is InChI=1S/C13H22N4OS/c1-5-6-10(4)12(18)14-7-8-17-11(9(2)3)15-16-13(17)19/h6,9H,5,7-8H2,1-4H3,(H,14,18)(H,16,19)/b10-6-. The first-order valence-electron chi connectivity index (χ1n) is 6.57. The molecule has 0 aliphatic heterocycles. The van der Waals surface area contributed by atoms with Crippen LogP contribution in [0.15, 0.2) is 11.6 Å². The molecule has 0 radical (unpaired) electrons. The molecule has 0 spiro atoms. The van der Waals surface area contributed by atoms with Gasteiger partial charge >= 0.3 is 0 Å². The van der Waals surface area contributed by atoms with Gasteiger partial charge in [0, 0.05) is 24.6 Å². The predicted molar refractivity (Wildman–Crippen MR) is 78.6 cm³/mol. The van der Waals surface area contributed by atoms with Crippen molar-refractivity contribution in [1.82, 2.24) is 20.1 Å². The van der Waals surface area contributed by atoms with E-state index in [0.717, 1.165) is 17.8 Å². The minimum atomic E-state index is -0.0250. The van der Waals surface area contributed by atoms with Gasteiger partial charge in [-0.1, -0.05) is 26.8 Å². The molecule has 1 aromatic rings. The Balaban J connectivity index is 2.59. The highest BCUT2D eigenvalue weighted by molar-refractivity contribution is 7.71. The Bertz CT molecular complexity index is 513. The molecule has 0 aromatic carbocycles. The average Bonchev–Trinajstić information content (AvgIpc) is 2.71. The SMILES string of the molecule is CC/C=C(/C)C(=O)NCCn1c(C(C)C)n[nH]c1=S. The van der Waals surface area contributed by atoms with E-state index < -0.39 is 0 Å². The summed E-state index contributed by atoms with van der Waals surface area (Å²) in [6.45, 7) is 9.13. The van der Waals surface area contributed by atoms with Crippen LogP contribution in [0.4, 0.5) is 0 Å². The number of allylic oxidation sites excluding steroid dienone is 1. The van der Waals surface area contributed by atoms with Crippen molar-refractivity contribution in [2.45, 2.75) is 46.6 Å². The van der Waals surface area contributed by atoms with E-state index in [1.807, 2.05) is 24.5 Å². The smallest absolute Gasteiger partial charge is 0.246 e. The Kier molecular flexibility index (Phi) is 5.95. The number of carbonyl (C=O) groups excluding carboxylic acids is 1. The molecule has 0 atom stereocenters. The molecule has 1 aromatic heterocycles. The van der Waals surface area contributed by atoms with Gasteiger partial charge in [0.15, 0.2) is 4.77 Å². The molecular weight excluding hydrogens is 260 g/mol. The number of amides is 1. The van der Waals surface area contributed by atoms with E-state index in [1.165, 1.54) is 0 Å². The molecule has 106 valence electrons. The summed E-state index contributed by atoms with van der Waals surface area (Å²) in [6, 6.07) is 0. The van der Waals surface area contributed by atoms with Gasteiger partial charge < -0.3 is 9.88 Å². The second-order valence-corrected chi connectivity index (χ2v) is 5.13. The van der Waals surface area contributed by atoms with E-state index in [1.54, 1.807) is 0 Å². The van der Waals surface area contributed by atoms with Crippen molar-refractivity contribution >= 4 is 18.1 Å². The van der Waals surface area contributed by atoms with Crippen LogP contribution >= 0.6 is 12.2 Å². The largest absolute Gasteiger partial charge is 0.351 e. The number of nitrogens with zero attached hydrogens (tertiary/aromatic N) is 2. The van der Waals surface area contributed by atoms with Crippen molar-refractivity contribution in [3.05, 3.63) is 22.2 Å². The van der Waals surface area contributed by atoms with Crippen LogP contribution in [-0.4, -0.2) is 27.2 Å². The zero-order valence-corrected chi connectivity index (χ0v) is 12.8. The van der Waals surface area contributed by atoms with Gasteiger partial charge in [0.1, 0.15) is 5.82 Å². The molecule has 5 nitrogen and oxygen atoms in total. The van der Waals surface area contributed by atoms with Gasteiger partial charge in [-0.2, -0.15) is 5.10 Å². The maximum absolute atomic E-state index is 11.7. The third-order valence-corrected chi connectivity index (χ3v) is 3.11. The van der Waals surface area contributed by atoms with E-state index >= 15 is 0 Å². The highest BCUT2D eigenvalue weighted by atomic mass is 32.1. The summed E-state index contributed by atoms with van der Waals surface area (Å²) in [4.78, 5) is 11.7. The summed E-state index contributed by atoms with van der Waals surface area (Å²) in [6.07, 6.45) is 2.78. The Morgan fingerprint density at radius 1 is 1.58 bits per heavy atom. The lowest BCUT2D eigenvalue weighted by atomic mass is 10.2. The van der Waals surface area contributed by atoms with E-state index in [2.05, 4.69) is 29.4 Å². The highest BCUT2D eigenvalue weighted by Gasteiger charge is 2.10. The van der Waals surface area contributed by atoms with Crippen molar-refractivity contribution < 1.29 is 4.79 Å². The number of hydrogen-bond acceptors (Lipinski definition) is 3. The molecule has 0 fully saturated rings. The Morgan fingerprint density at radius 3 is 2.84 bits per heavy atom. The summed E-state index contributed by atoms with van der Waals surface area (Å²) < 4.78 is 2.53. The van der Waals surface area contributed by atoms with Gasteiger partial charge in [-0.05, 0) is 25.6 Å². The van der Waals surface area contributed by atoms with Crippen molar-refractivity contribution in [2.75, 3.05) is 6.54 Å². The van der Waals surface area contributed by atoms with Crippen LogP contribution in [-0.2, 0) is 11.3 Å². The number of nitrogens with one attached hydrogen (secondary N) is 2. The Labute approximate surface area is 119 Å². The molecule has 1 rings (SSSR count). The maximum atomic E-state index is 11.7. The lowest BCUT2D eigenvalue weighted by Gasteiger charge is -2.10. The fourth-order valence-electron chi connectivity index (χ4n) is 1.81. The first kappa shape index (κ1) is 15.6. The number of carbonyl (C=O) groups is 1. The minimum absolute atomic E-state index is 0.0250. The molecule has 6 heteroatoms. The van der Waals surface area contributed by atoms with Gasteiger partial charge in [0.2, 0.25) is 5.91 Å². The monoisotopic (exact) mass is 282 g/mol. The second-order valence-electron chi connectivity index (χ2n) is 4.74. The van der Waals surface area contributed by atoms with Gasteiger partial charge in [-0.25, -0.2) is 0 Å². The van der Waals surface area contributed by atoms with Crippen molar-refractivity contribution in [3.63, 3.8) is 0 Å². The number of aromatic nitrogens is 3. The molecule has 0 saturated heterocycles. The summed E-state index contributed by atoms with van der Waals surface area (Å²) in [5.41, 5.74) is 0.752. The van der Waals surface area contributed by atoms with Crippen molar-refractivity contribution in [3.8, 4) is 0 Å². The molecule has 1 heterocycles. The molecule has 0 bridgehead atoms. The van der Waals surface area contributed by atoms with Gasteiger partial charge in [0.25, 0.3) is 0 Å². The lowest BCUT2D eigenvalue weighted by molar-refractivity contribution is -0.117. The first-order valence-corrected chi connectivity index (χ1v) is 6.98. The highest BCUT2D eigenvalue weighted by Crippen LogP contribution is 2.10. The second kappa shape index (κ2) is 7.23. The van der Waals surface area contributed by atoms with Crippen LogP contribution in [0, 0.1) is 4.77 Å². The quantitative estimate of drug-likeness (QED) is 0.622. The third-order valence-electron chi connectivity index (χ3n) is 2.79. The third kappa shape index (κ3) is 4.31. The molecular formula is C13H22N4OS. The Hall–Kier alpha value is -1.43. The zero-order valence-electron chi connectivity index (χ0n) is 12.0. The van der Waals surface area contributed by atoms with Gasteiger partial charge in [0.05, 0.1) is 0 Å². The lowest BCUT2D eigenvalue weighted by Crippen LogP contribution is -2.28. The van der Waals surface area contributed by atoms with Crippen LogP contribution in [0.25, 0.3) is 0 Å². The molecule has 0 saturated carbocycles. The molecule has 19 heavy (non-hydrogen) atoms. The van der Waals surface area contributed by atoms with Crippen LogP contribution in [0.1, 0.15) is 45.9 Å². The van der Waals surface area contributed by atoms with Gasteiger partial charge in [-0.3, -0.25) is 9.89 Å². The number of aromatic amines is 1. The van der Waals surface area contributed by atoms with Gasteiger partial charge in [-0.15, -0.1) is 0 Å². The molecule has 0 aliphatic carbocycles. The molecule has 1 amide bonds.